The van der Waals surface area contributed by atoms with Crippen LogP contribution in [0.15, 0.2) is 28.8 Å². The number of rotatable bonds is 2. The van der Waals surface area contributed by atoms with Gasteiger partial charge in [0.1, 0.15) is 0 Å². The van der Waals surface area contributed by atoms with Crippen molar-refractivity contribution in [1.82, 2.24) is 5.16 Å². The van der Waals surface area contributed by atoms with Crippen LogP contribution >= 0.6 is 0 Å². The number of aromatic nitrogens is 1. The second-order valence-corrected chi connectivity index (χ2v) is 4.31. The Bertz CT molecular complexity index is 690. The Morgan fingerprint density at radius 3 is 2.95 bits per heavy atom. The minimum absolute atomic E-state index is 0.000392. The van der Waals surface area contributed by atoms with Gasteiger partial charge in [0.15, 0.2) is 11.5 Å². The number of aromatic carboxylic acids is 1. The van der Waals surface area contributed by atoms with E-state index in [2.05, 4.69) is 5.16 Å². The van der Waals surface area contributed by atoms with E-state index in [4.69, 9.17) is 9.63 Å². The van der Waals surface area contributed by atoms with Crippen LogP contribution in [0, 0.1) is 0 Å². The molecule has 1 aliphatic rings. The zero-order chi connectivity index (χ0) is 13.6. The van der Waals surface area contributed by atoms with E-state index in [1.807, 2.05) is 6.07 Å². The second-order valence-electron chi connectivity index (χ2n) is 4.31. The van der Waals surface area contributed by atoms with Crippen molar-refractivity contribution in [2.24, 2.45) is 0 Å². The topological polar surface area (TPSA) is 83.6 Å². The highest BCUT2D eigenvalue weighted by atomic mass is 16.5. The molecule has 0 saturated carbocycles. The highest BCUT2D eigenvalue weighted by Gasteiger charge is 2.27. The van der Waals surface area contributed by atoms with E-state index in [0.717, 1.165) is 11.3 Å². The number of carbonyl (C=O) groups excluding carboxylic acids is 1. The highest BCUT2D eigenvalue weighted by Crippen LogP contribution is 2.36. The summed E-state index contributed by atoms with van der Waals surface area (Å²) in [6.07, 6.45) is 0.283. The van der Waals surface area contributed by atoms with Crippen LogP contribution in [-0.4, -0.2) is 29.2 Å². The maximum Gasteiger partial charge on any atom is 0.358 e. The fourth-order valence-electron chi connectivity index (χ4n) is 2.21. The predicted octanol–water partition coefficient (Wildman–Crippen LogP) is 1.56. The molecule has 0 atom stereocenters. The van der Waals surface area contributed by atoms with E-state index in [-0.39, 0.29) is 18.0 Å². The molecule has 0 aliphatic carbocycles. The Labute approximate surface area is 108 Å². The van der Waals surface area contributed by atoms with E-state index in [1.54, 1.807) is 24.1 Å². The number of carbonyl (C=O) groups is 2. The number of anilines is 1. The Morgan fingerprint density at radius 2 is 2.26 bits per heavy atom. The molecular formula is C13H10N2O4. The maximum absolute atomic E-state index is 11.7. The molecule has 0 saturated heterocycles. The molecule has 1 aliphatic heterocycles. The van der Waals surface area contributed by atoms with E-state index >= 15 is 0 Å². The van der Waals surface area contributed by atoms with Gasteiger partial charge >= 0.3 is 5.97 Å². The van der Waals surface area contributed by atoms with Crippen LogP contribution in [0.3, 0.4) is 0 Å². The van der Waals surface area contributed by atoms with Crippen LogP contribution in [0.5, 0.6) is 0 Å². The molecule has 1 aromatic heterocycles. The first kappa shape index (κ1) is 11.5. The van der Waals surface area contributed by atoms with Crippen LogP contribution in [0.4, 0.5) is 5.69 Å². The first-order valence-electron chi connectivity index (χ1n) is 5.67. The van der Waals surface area contributed by atoms with E-state index in [0.29, 0.717) is 11.3 Å². The Hall–Kier alpha value is -2.63. The molecule has 19 heavy (non-hydrogen) atoms. The minimum atomic E-state index is -1.14. The summed E-state index contributed by atoms with van der Waals surface area (Å²) >= 11 is 0. The van der Waals surface area contributed by atoms with Crippen molar-refractivity contribution in [3.8, 4) is 11.3 Å². The van der Waals surface area contributed by atoms with Crippen molar-refractivity contribution in [3.63, 3.8) is 0 Å². The van der Waals surface area contributed by atoms with Crippen LogP contribution < -0.4 is 4.90 Å². The zero-order valence-corrected chi connectivity index (χ0v) is 10.1. The van der Waals surface area contributed by atoms with Gasteiger partial charge in [0, 0.05) is 24.4 Å². The molecular weight excluding hydrogens is 248 g/mol. The normalized spacial score (nSPS) is 13.7. The summed E-state index contributed by atoms with van der Waals surface area (Å²) in [5, 5.41) is 12.3. The fraction of sp³-hybridized carbons (Fsp3) is 0.154. The SMILES string of the molecule is CN1C(=O)Cc2c(-c3cc(C(=O)O)no3)cccc21. The summed E-state index contributed by atoms with van der Waals surface area (Å²) < 4.78 is 5.05. The number of hydrogen-bond acceptors (Lipinski definition) is 4. The third kappa shape index (κ3) is 1.69. The van der Waals surface area contributed by atoms with Gasteiger partial charge in [-0.15, -0.1) is 0 Å². The van der Waals surface area contributed by atoms with Gasteiger partial charge in [-0.05, 0) is 11.6 Å². The lowest BCUT2D eigenvalue weighted by molar-refractivity contribution is -0.117. The molecule has 0 bridgehead atoms. The quantitative estimate of drug-likeness (QED) is 0.883. The van der Waals surface area contributed by atoms with E-state index in [9.17, 15) is 9.59 Å². The average molecular weight is 258 g/mol. The van der Waals surface area contributed by atoms with Gasteiger partial charge in [-0.25, -0.2) is 4.79 Å². The van der Waals surface area contributed by atoms with Crippen molar-refractivity contribution in [2.45, 2.75) is 6.42 Å². The van der Waals surface area contributed by atoms with E-state index in [1.165, 1.54) is 6.07 Å². The fourth-order valence-corrected chi connectivity index (χ4v) is 2.21. The molecule has 0 fully saturated rings. The summed E-state index contributed by atoms with van der Waals surface area (Å²) in [5.74, 6) is -0.784. The molecule has 6 nitrogen and oxygen atoms in total. The van der Waals surface area contributed by atoms with Crippen LogP contribution in [0.1, 0.15) is 16.1 Å². The van der Waals surface area contributed by atoms with Crippen molar-refractivity contribution in [3.05, 3.63) is 35.5 Å². The number of carboxylic acids is 1. The lowest BCUT2D eigenvalue weighted by atomic mass is 10.0. The van der Waals surface area contributed by atoms with Gasteiger partial charge in [-0.3, -0.25) is 4.79 Å². The molecule has 0 radical (unpaired) electrons. The van der Waals surface area contributed by atoms with Crippen molar-refractivity contribution in [2.75, 3.05) is 11.9 Å². The van der Waals surface area contributed by atoms with Gasteiger partial charge in [0.2, 0.25) is 5.91 Å². The molecule has 3 rings (SSSR count). The lowest BCUT2D eigenvalue weighted by Crippen LogP contribution is -2.20. The third-order valence-corrected chi connectivity index (χ3v) is 3.21. The van der Waals surface area contributed by atoms with Crippen molar-refractivity contribution in [1.29, 1.82) is 0 Å². The molecule has 0 unspecified atom stereocenters. The monoisotopic (exact) mass is 258 g/mol. The van der Waals surface area contributed by atoms with Gasteiger partial charge in [-0.1, -0.05) is 17.3 Å². The largest absolute Gasteiger partial charge is 0.476 e. The first-order chi connectivity index (χ1) is 9.08. The standard InChI is InChI=1S/C13H10N2O4/c1-15-10-4-2-3-7(8(10)5-12(15)16)11-6-9(13(17)18)14-19-11/h2-4,6H,5H2,1H3,(H,17,18). The molecule has 1 N–H and O–H groups in total. The van der Waals surface area contributed by atoms with Gasteiger partial charge < -0.3 is 14.5 Å². The average Bonchev–Trinajstić information content (AvgIpc) is 2.96. The van der Waals surface area contributed by atoms with Crippen LogP contribution in [-0.2, 0) is 11.2 Å². The minimum Gasteiger partial charge on any atom is -0.476 e. The predicted molar refractivity (Wildman–Crippen MR) is 66.0 cm³/mol. The summed E-state index contributed by atoms with van der Waals surface area (Å²) in [6.45, 7) is 0. The Balaban J connectivity index is 2.12. The van der Waals surface area contributed by atoms with Gasteiger partial charge in [0.25, 0.3) is 0 Å². The molecule has 6 heteroatoms. The molecule has 96 valence electrons. The maximum atomic E-state index is 11.7. The molecule has 1 aromatic carbocycles. The highest BCUT2D eigenvalue weighted by molar-refractivity contribution is 6.03. The summed E-state index contributed by atoms with van der Waals surface area (Å²) in [5.41, 5.74) is 2.21. The van der Waals surface area contributed by atoms with E-state index < -0.39 is 5.97 Å². The smallest absolute Gasteiger partial charge is 0.358 e. The first-order valence-corrected chi connectivity index (χ1v) is 5.67. The number of hydrogen-bond donors (Lipinski definition) is 1. The zero-order valence-electron chi connectivity index (χ0n) is 10.1. The number of nitrogens with zero attached hydrogens (tertiary/aromatic N) is 2. The molecule has 0 spiro atoms. The molecule has 1 amide bonds. The molecule has 2 aromatic rings. The lowest BCUT2D eigenvalue weighted by Gasteiger charge is -2.10. The summed E-state index contributed by atoms with van der Waals surface area (Å²) in [6, 6.07) is 6.79. The number of carboxylic acid groups (broad SMARTS) is 1. The number of benzene rings is 1. The number of amides is 1. The van der Waals surface area contributed by atoms with Gasteiger partial charge in [0.05, 0.1) is 6.42 Å². The summed E-state index contributed by atoms with van der Waals surface area (Å²) in [4.78, 5) is 24.1. The van der Waals surface area contributed by atoms with Crippen LogP contribution in [0.25, 0.3) is 11.3 Å². The molecule has 2 heterocycles. The third-order valence-electron chi connectivity index (χ3n) is 3.21. The van der Waals surface area contributed by atoms with Gasteiger partial charge in [-0.2, -0.15) is 0 Å². The Morgan fingerprint density at radius 1 is 1.47 bits per heavy atom. The number of fused-ring (bicyclic) bond motifs is 1. The van der Waals surface area contributed by atoms with Crippen molar-refractivity contribution >= 4 is 17.6 Å². The Kier molecular flexibility index (Phi) is 2.38. The summed E-state index contributed by atoms with van der Waals surface area (Å²) in [7, 11) is 1.71. The number of likely N-dealkylation sites (N-methyl/N-ethyl adjacent to an activating group) is 1. The van der Waals surface area contributed by atoms with Crippen LogP contribution in [0.2, 0.25) is 0 Å². The second kappa shape index (κ2) is 3.94. The van der Waals surface area contributed by atoms with Crippen molar-refractivity contribution < 1.29 is 19.2 Å².